The molecule has 0 saturated carbocycles. The Balaban J connectivity index is 1.41. The third-order valence-corrected chi connectivity index (χ3v) is 4.96. The fraction of sp³-hybridized carbons (Fsp3) is 0.238. The van der Waals surface area contributed by atoms with E-state index in [0.717, 1.165) is 18.2 Å². The van der Waals surface area contributed by atoms with Crippen molar-refractivity contribution in [1.29, 1.82) is 0 Å². The number of carbonyl (C=O) groups excluding carboxylic acids is 1. The summed E-state index contributed by atoms with van der Waals surface area (Å²) >= 11 is 0. The number of hydrogen-bond donors (Lipinski definition) is 1. The Morgan fingerprint density at radius 3 is 2.72 bits per heavy atom. The monoisotopic (exact) mass is 395 g/mol. The zero-order valence-corrected chi connectivity index (χ0v) is 15.6. The predicted octanol–water partition coefficient (Wildman–Crippen LogP) is 2.64. The second-order valence-corrected chi connectivity index (χ2v) is 7.10. The number of aromatic nitrogens is 3. The first-order chi connectivity index (χ1) is 14.0. The molecule has 0 bridgehead atoms. The van der Waals surface area contributed by atoms with Crippen molar-refractivity contribution >= 4 is 11.6 Å². The van der Waals surface area contributed by atoms with Crippen LogP contribution >= 0.6 is 0 Å². The number of likely N-dealkylation sites (tertiary alicyclic amines) is 1. The van der Waals surface area contributed by atoms with Crippen LogP contribution in [0.1, 0.15) is 11.4 Å². The largest absolute Gasteiger partial charge is 0.397 e. The van der Waals surface area contributed by atoms with E-state index in [2.05, 4.69) is 15.0 Å². The average molecular weight is 395 g/mol. The average Bonchev–Trinajstić information content (AvgIpc) is 2.67. The second kappa shape index (κ2) is 7.90. The minimum absolute atomic E-state index is 0.0281. The Morgan fingerprint density at radius 2 is 2.00 bits per heavy atom. The van der Waals surface area contributed by atoms with Gasteiger partial charge in [0.05, 0.1) is 29.2 Å². The van der Waals surface area contributed by atoms with E-state index in [1.165, 1.54) is 12.1 Å². The highest BCUT2D eigenvalue weighted by molar-refractivity contribution is 5.81. The molecule has 1 saturated heterocycles. The molecule has 1 fully saturated rings. The van der Waals surface area contributed by atoms with Gasteiger partial charge in [-0.05, 0) is 36.6 Å². The van der Waals surface area contributed by atoms with Gasteiger partial charge in [-0.1, -0.05) is 0 Å². The van der Waals surface area contributed by atoms with E-state index >= 15 is 0 Å². The molecule has 1 aromatic carbocycles. The lowest BCUT2D eigenvalue weighted by Crippen LogP contribution is -2.51. The Bertz CT molecular complexity index is 1040. The first kappa shape index (κ1) is 18.9. The molecule has 6 nitrogen and oxygen atoms in total. The van der Waals surface area contributed by atoms with Gasteiger partial charge in [0.25, 0.3) is 0 Å². The maximum atomic E-state index is 14.0. The third-order valence-electron chi connectivity index (χ3n) is 4.96. The van der Waals surface area contributed by atoms with Crippen molar-refractivity contribution in [3.63, 3.8) is 0 Å². The molecule has 0 atom stereocenters. The number of rotatable bonds is 5. The van der Waals surface area contributed by atoms with Gasteiger partial charge in [-0.3, -0.25) is 19.7 Å². The fourth-order valence-electron chi connectivity index (χ4n) is 3.39. The van der Waals surface area contributed by atoms with Crippen LogP contribution in [0.3, 0.4) is 0 Å². The lowest BCUT2D eigenvalue weighted by Gasteiger charge is -2.39. The molecule has 3 heterocycles. The molecule has 1 aliphatic heterocycles. The lowest BCUT2D eigenvalue weighted by atomic mass is 9.94. The molecule has 2 N–H and O–H groups in total. The summed E-state index contributed by atoms with van der Waals surface area (Å²) in [6.07, 6.45) is 5.82. The summed E-state index contributed by atoms with van der Waals surface area (Å²) in [6, 6.07) is 6.43. The molecule has 4 rings (SSSR count). The van der Waals surface area contributed by atoms with Crippen LogP contribution in [0.4, 0.5) is 14.5 Å². The van der Waals surface area contributed by atoms with Gasteiger partial charge in [0, 0.05) is 43.3 Å². The Morgan fingerprint density at radius 1 is 1.17 bits per heavy atom. The summed E-state index contributed by atoms with van der Waals surface area (Å²) in [5, 5.41) is 0. The number of pyridine rings is 1. The molecular formula is C21H19F2N5O. The van der Waals surface area contributed by atoms with Crippen molar-refractivity contribution in [3.8, 4) is 11.3 Å². The van der Waals surface area contributed by atoms with E-state index in [4.69, 9.17) is 5.73 Å². The number of carbonyl (C=O) groups is 1. The molecule has 148 valence electrons. The number of nitrogens with two attached hydrogens (primary N) is 1. The highest BCUT2D eigenvalue weighted by Crippen LogP contribution is 2.25. The molecule has 8 heteroatoms. The first-order valence-electron chi connectivity index (χ1n) is 9.23. The minimum Gasteiger partial charge on any atom is -0.397 e. The highest BCUT2D eigenvalue weighted by Gasteiger charge is 2.31. The van der Waals surface area contributed by atoms with Gasteiger partial charge >= 0.3 is 0 Å². The molecular weight excluding hydrogens is 376 g/mol. The molecule has 29 heavy (non-hydrogen) atoms. The van der Waals surface area contributed by atoms with Gasteiger partial charge in [0.1, 0.15) is 11.6 Å². The Labute approximate surface area is 166 Å². The van der Waals surface area contributed by atoms with Gasteiger partial charge < -0.3 is 10.6 Å². The summed E-state index contributed by atoms with van der Waals surface area (Å²) in [6.45, 7) is 1.28. The third kappa shape index (κ3) is 4.21. The van der Waals surface area contributed by atoms with Crippen molar-refractivity contribution in [1.82, 2.24) is 19.9 Å². The van der Waals surface area contributed by atoms with Crippen LogP contribution in [-0.2, 0) is 17.6 Å². The number of amides is 1. The van der Waals surface area contributed by atoms with E-state index in [1.54, 1.807) is 35.6 Å². The summed E-state index contributed by atoms with van der Waals surface area (Å²) in [5.74, 6) is -1.11. The van der Waals surface area contributed by atoms with E-state index in [-0.39, 0.29) is 17.9 Å². The van der Waals surface area contributed by atoms with Crippen molar-refractivity contribution in [2.75, 3.05) is 18.8 Å². The zero-order chi connectivity index (χ0) is 20.4. The molecule has 3 aromatic rings. The summed E-state index contributed by atoms with van der Waals surface area (Å²) in [7, 11) is 0. The number of anilines is 1. The molecule has 0 aliphatic carbocycles. The Kier molecular flexibility index (Phi) is 5.16. The van der Waals surface area contributed by atoms with Crippen LogP contribution in [0.2, 0.25) is 0 Å². The van der Waals surface area contributed by atoms with Gasteiger partial charge in [-0.2, -0.15) is 0 Å². The van der Waals surface area contributed by atoms with E-state index in [0.29, 0.717) is 36.1 Å². The van der Waals surface area contributed by atoms with E-state index in [1.807, 2.05) is 0 Å². The van der Waals surface area contributed by atoms with Crippen LogP contribution < -0.4 is 5.73 Å². The minimum atomic E-state index is -0.714. The number of benzene rings is 1. The zero-order valence-electron chi connectivity index (χ0n) is 15.6. The first-order valence-corrected chi connectivity index (χ1v) is 9.23. The molecule has 0 unspecified atom stereocenters. The highest BCUT2D eigenvalue weighted by atomic mass is 19.1. The maximum Gasteiger partial charge on any atom is 0.228 e. The molecule has 0 radical (unpaired) electrons. The smallest absolute Gasteiger partial charge is 0.228 e. The van der Waals surface area contributed by atoms with Gasteiger partial charge in [0.15, 0.2) is 0 Å². The second-order valence-electron chi connectivity index (χ2n) is 7.10. The summed E-state index contributed by atoms with van der Waals surface area (Å²) < 4.78 is 27.2. The van der Waals surface area contributed by atoms with Gasteiger partial charge in [0.2, 0.25) is 5.91 Å². The predicted molar refractivity (Wildman–Crippen MR) is 104 cm³/mol. The van der Waals surface area contributed by atoms with Crippen LogP contribution in [0.15, 0.2) is 48.9 Å². The molecule has 1 aliphatic rings. The van der Waals surface area contributed by atoms with Crippen molar-refractivity contribution < 1.29 is 13.6 Å². The van der Waals surface area contributed by atoms with Crippen LogP contribution in [0.5, 0.6) is 0 Å². The Hall–Kier alpha value is -3.42. The van der Waals surface area contributed by atoms with E-state index < -0.39 is 11.6 Å². The van der Waals surface area contributed by atoms with E-state index in [9.17, 15) is 13.6 Å². The van der Waals surface area contributed by atoms with Gasteiger partial charge in [-0.25, -0.2) is 8.78 Å². The van der Waals surface area contributed by atoms with Crippen molar-refractivity contribution in [3.05, 3.63) is 71.9 Å². The topological polar surface area (TPSA) is 85.0 Å². The molecule has 0 spiro atoms. The normalized spacial score (nSPS) is 13.9. The van der Waals surface area contributed by atoms with Gasteiger partial charge in [-0.15, -0.1) is 0 Å². The number of hydrogen-bond acceptors (Lipinski definition) is 5. The lowest BCUT2D eigenvalue weighted by molar-refractivity contribution is -0.136. The standard InChI is InChI=1S/C21H19F2N5O/c22-14-1-2-16(17(23)8-14)19-4-3-18(24)20(27-19)9-21(29)28-11-13(12-28)7-15-10-25-5-6-26-15/h1-6,8,10,13H,7,9,11-12,24H2. The van der Waals surface area contributed by atoms with Crippen LogP contribution in [0, 0.1) is 17.6 Å². The van der Waals surface area contributed by atoms with Crippen LogP contribution in [0.25, 0.3) is 11.3 Å². The molecule has 2 aromatic heterocycles. The SMILES string of the molecule is Nc1ccc(-c2ccc(F)cc2F)nc1CC(=O)N1CC(Cc2cnccn2)C1. The number of nitrogen functional groups attached to an aromatic ring is 1. The van der Waals surface area contributed by atoms with Crippen LogP contribution in [-0.4, -0.2) is 38.8 Å². The van der Waals surface area contributed by atoms with Crippen molar-refractivity contribution in [2.24, 2.45) is 5.92 Å². The summed E-state index contributed by atoms with van der Waals surface area (Å²) in [5.41, 5.74) is 8.09. The fourth-order valence-corrected chi connectivity index (χ4v) is 3.39. The summed E-state index contributed by atoms with van der Waals surface area (Å²) in [4.78, 5) is 27.0. The quantitative estimate of drug-likeness (QED) is 0.718. The number of halogens is 2. The maximum absolute atomic E-state index is 14.0. The molecule has 1 amide bonds. The number of nitrogens with zero attached hydrogens (tertiary/aromatic N) is 4. The van der Waals surface area contributed by atoms with Crippen molar-refractivity contribution in [2.45, 2.75) is 12.8 Å².